The lowest BCUT2D eigenvalue weighted by atomic mass is 10.1. The molecule has 0 bridgehead atoms. The van der Waals surface area contributed by atoms with E-state index in [1.165, 1.54) is 6.92 Å². The maximum atomic E-state index is 10.8. The molecule has 0 spiro atoms. The first-order valence-electron chi connectivity index (χ1n) is 3.29. The van der Waals surface area contributed by atoms with E-state index < -0.39 is 0 Å². The lowest BCUT2D eigenvalue weighted by Crippen LogP contribution is -2.03. The van der Waals surface area contributed by atoms with Gasteiger partial charge in [0, 0.05) is 6.42 Å². The first-order valence-corrected chi connectivity index (χ1v) is 3.92. The summed E-state index contributed by atoms with van der Waals surface area (Å²) in [6.07, 6.45) is 1.35. The van der Waals surface area contributed by atoms with Crippen LogP contribution in [0.1, 0.15) is 26.2 Å². The summed E-state index contributed by atoms with van der Waals surface area (Å²) in [6.45, 7) is 1.43. The molecule has 10 heavy (non-hydrogen) atoms. The van der Waals surface area contributed by atoms with Crippen LogP contribution in [0.3, 0.4) is 0 Å². The molecule has 58 valence electrons. The summed E-state index contributed by atoms with van der Waals surface area (Å²) in [5.74, 6) is 0.689. The highest BCUT2D eigenvalue weighted by Crippen LogP contribution is 1.96. The van der Waals surface area contributed by atoms with Crippen molar-refractivity contribution < 1.29 is 9.59 Å². The highest BCUT2D eigenvalue weighted by atomic mass is 32.1. The number of thiol groups is 1. The molecule has 0 rings (SSSR count). The monoisotopic (exact) mass is 160 g/mol. The van der Waals surface area contributed by atoms with Crippen molar-refractivity contribution in [3.63, 3.8) is 0 Å². The van der Waals surface area contributed by atoms with Crippen molar-refractivity contribution in [1.82, 2.24) is 0 Å². The minimum atomic E-state index is -0.0517. The molecular weight excluding hydrogens is 148 g/mol. The molecule has 0 saturated heterocycles. The number of ketones is 2. The molecule has 0 aliphatic heterocycles. The molecule has 0 radical (unpaired) electrons. The molecule has 0 fully saturated rings. The molecule has 0 atom stereocenters. The fourth-order valence-electron chi connectivity index (χ4n) is 0.642. The number of hydrogen-bond acceptors (Lipinski definition) is 3. The number of hydrogen-bond donors (Lipinski definition) is 1. The molecule has 0 aromatic carbocycles. The fraction of sp³-hybridized carbons (Fsp3) is 0.714. The predicted octanol–water partition coefficient (Wildman–Crippen LogP) is 1.24. The van der Waals surface area contributed by atoms with Crippen molar-refractivity contribution in [3.8, 4) is 0 Å². The Morgan fingerprint density at radius 1 is 1.40 bits per heavy atom. The maximum Gasteiger partial charge on any atom is 0.140 e. The van der Waals surface area contributed by atoms with E-state index in [0.29, 0.717) is 12.2 Å². The van der Waals surface area contributed by atoms with Gasteiger partial charge in [-0.05, 0) is 19.1 Å². The summed E-state index contributed by atoms with van der Waals surface area (Å²) < 4.78 is 0. The first-order chi connectivity index (χ1) is 4.66. The minimum absolute atomic E-state index is 0.0292. The molecule has 0 N–H and O–H groups in total. The quantitative estimate of drug-likeness (QED) is 0.485. The summed E-state index contributed by atoms with van der Waals surface area (Å²) in [6, 6.07) is 0. The summed E-state index contributed by atoms with van der Waals surface area (Å²) in [4.78, 5) is 21.1. The Morgan fingerprint density at radius 3 is 2.40 bits per heavy atom. The third kappa shape index (κ3) is 5.82. The van der Waals surface area contributed by atoms with E-state index >= 15 is 0 Å². The average Bonchev–Trinajstić information content (AvgIpc) is 1.82. The Bertz CT molecular complexity index is 132. The van der Waals surface area contributed by atoms with Crippen LogP contribution in [0.25, 0.3) is 0 Å². The molecule has 0 aromatic heterocycles. The van der Waals surface area contributed by atoms with Gasteiger partial charge in [0.1, 0.15) is 11.6 Å². The number of rotatable bonds is 5. The van der Waals surface area contributed by atoms with E-state index in [4.69, 9.17) is 0 Å². The second-order valence-corrected chi connectivity index (χ2v) is 2.69. The third-order valence-corrected chi connectivity index (χ3v) is 1.38. The van der Waals surface area contributed by atoms with Crippen LogP contribution in [0.5, 0.6) is 0 Å². The van der Waals surface area contributed by atoms with Crippen LogP contribution in [0.2, 0.25) is 0 Å². The van der Waals surface area contributed by atoms with Gasteiger partial charge in [-0.3, -0.25) is 9.59 Å². The highest BCUT2D eigenvalue weighted by molar-refractivity contribution is 7.80. The SMILES string of the molecule is CC(=O)CC(=O)CCCS. The zero-order chi connectivity index (χ0) is 7.98. The van der Waals surface area contributed by atoms with Gasteiger partial charge in [-0.1, -0.05) is 0 Å². The van der Waals surface area contributed by atoms with Crippen molar-refractivity contribution >= 4 is 24.2 Å². The van der Waals surface area contributed by atoms with Crippen molar-refractivity contribution in [3.05, 3.63) is 0 Å². The highest BCUT2D eigenvalue weighted by Gasteiger charge is 2.03. The second-order valence-electron chi connectivity index (χ2n) is 2.24. The first kappa shape index (κ1) is 9.69. The van der Waals surface area contributed by atoms with Gasteiger partial charge in [0.2, 0.25) is 0 Å². The summed E-state index contributed by atoms with van der Waals surface area (Å²) in [5.41, 5.74) is 0. The van der Waals surface area contributed by atoms with Crippen LogP contribution < -0.4 is 0 Å². The van der Waals surface area contributed by atoms with E-state index in [-0.39, 0.29) is 18.0 Å². The standard InChI is InChI=1S/C7H12O2S/c1-6(8)5-7(9)3-2-4-10/h10H,2-5H2,1H3. The molecule has 0 saturated carbocycles. The normalized spacial score (nSPS) is 9.40. The number of carbonyl (C=O) groups is 2. The zero-order valence-corrected chi connectivity index (χ0v) is 6.99. The van der Waals surface area contributed by atoms with Gasteiger partial charge in [-0.25, -0.2) is 0 Å². The number of carbonyl (C=O) groups excluding carboxylic acids is 2. The smallest absolute Gasteiger partial charge is 0.140 e. The molecule has 0 unspecified atom stereocenters. The number of Topliss-reactive ketones (excluding diaryl/α,β-unsaturated/α-hetero) is 2. The van der Waals surface area contributed by atoms with Crippen molar-refractivity contribution in [2.75, 3.05) is 5.75 Å². The van der Waals surface area contributed by atoms with Crippen LogP contribution in [0.4, 0.5) is 0 Å². The zero-order valence-electron chi connectivity index (χ0n) is 6.09. The largest absolute Gasteiger partial charge is 0.300 e. The van der Waals surface area contributed by atoms with Crippen LogP contribution in [-0.4, -0.2) is 17.3 Å². The van der Waals surface area contributed by atoms with Crippen LogP contribution in [0.15, 0.2) is 0 Å². The van der Waals surface area contributed by atoms with Gasteiger partial charge in [0.25, 0.3) is 0 Å². The summed E-state index contributed by atoms with van der Waals surface area (Å²) in [7, 11) is 0. The predicted molar refractivity (Wildman–Crippen MR) is 43.4 cm³/mol. The Labute approximate surface area is 66.4 Å². The molecular formula is C7H12O2S. The van der Waals surface area contributed by atoms with Crippen molar-refractivity contribution in [1.29, 1.82) is 0 Å². The van der Waals surface area contributed by atoms with Crippen LogP contribution >= 0.6 is 12.6 Å². The maximum absolute atomic E-state index is 10.8. The van der Waals surface area contributed by atoms with Crippen molar-refractivity contribution in [2.45, 2.75) is 26.2 Å². The average molecular weight is 160 g/mol. The molecule has 0 amide bonds. The Balaban J connectivity index is 3.35. The van der Waals surface area contributed by atoms with E-state index in [2.05, 4.69) is 12.6 Å². The molecule has 0 aromatic rings. The third-order valence-electron chi connectivity index (χ3n) is 1.06. The topological polar surface area (TPSA) is 34.1 Å². The van der Waals surface area contributed by atoms with Crippen molar-refractivity contribution in [2.24, 2.45) is 0 Å². The minimum Gasteiger partial charge on any atom is -0.300 e. The van der Waals surface area contributed by atoms with E-state index in [1.54, 1.807) is 0 Å². The van der Waals surface area contributed by atoms with Gasteiger partial charge in [-0.15, -0.1) is 0 Å². The van der Waals surface area contributed by atoms with Gasteiger partial charge >= 0.3 is 0 Å². The Hall–Kier alpha value is -0.310. The molecule has 0 aliphatic carbocycles. The van der Waals surface area contributed by atoms with Gasteiger partial charge in [0.15, 0.2) is 0 Å². The van der Waals surface area contributed by atoms with E-state index in [0.717, 1.165) is 6.42 Å². The molecule has 0 heterocycles. The molecule has 2 nitrogen and oxygen atoms in total. The second kappa shape index (κ2) is 5.47. The fourth-order valence-corrected chi connectivity index (χ4v) is 0.800. The Morgan fingerprint density at radius 2 is 2.00 bits per heavy atom. The molecule has 3 heteroatoms. The lowest BCUT2D eigenvalue weighted by molar-refractivity contribution is -0.125. The van der Waals surface area contributed by atoms with E-state index in [1.807, 2.05) is 0 Å². The van der Waals surface area contributed by atoms with Gasteiger partial charge < -0.3 is 0 Å². The summed E-state index contributed by atoms with van der Waals surface area (Å²) in [5, 5.41) is 0. The van der Waals surface area contributed by atoms with E-state index in [9.17, 15) is 9.59 Å². The summed E-state index contributed by atoms with van der Waals surface area (Å²) >= 11 is 3.95. The van der Waals surface area contributed by atoms with Crippen LogP contribution in [0, 0.1) is 0 Å². The van der Waals surface area contributed by atoms with Gasteiger partial charge in [-0.2, -0.15) is 12.6 Å². The van der Waals surface area contributed by atoms with Crippen LogP contribution in [-0.2, 0) is 9.59 Å². The lowest BCUT2D eigenvalue weighted by Gasteiger charge is -1.93. The Kier molecular flexibility index (Phi) is 5.30. The molecule has 0 aliphatic rings. The van der Waals surface area contributed by atoms with Gasteiger partial charge in [0.05, 0.1) is 6.42 Å².